The van der Waals surface area contributed by atoms with E-state index in [0.717, 1.165) is 39.7 Å². The number of halogens is 4. The lowest BCUT2D eigenvalue weighted by atomic mass is 9.83. The van der Waals surface area contributed by atoms with Crippen LogP contribution in [0, 0.1) is 5.92 Å². The maximum Gasteiger partial charge on any atom is 0.418 e. The summed E-state index contributed by atoms with van der Waals surface area (Å²) in [5, 5.41) is 11.3. The van der Waals surface area contributed by atoms with Crippen LogP contribution in [0.25, 0.3) is 0 Å². The van der Waals surface area contributed by atoms with Crippen LogP contribution in [-0.4, -0.2) is 32.6 Å². The number of rotatable bonds is 5. The number of phenolic OH excluding ortho intramolecular Hbond substituents is 1. The van der Waals surface area contributed by atoms with Crippen molar-refractivity contribution >= 4 is 68.1 Å². The van der Waals surface area contributed by atoms with Crippen molar-refractivity contribution in [2.45, 2.75) is 28.9 Å². The lowest BCUT2D eigenvalue weighted by molar-refractivity contribution is -0.137. The molecular formula is C29H19BrF3N3O5S2. The Labute approximate surface area is 258 Å². The zero-order chi connectivity index (χ0) is 30.6. The van der Waals surface area contributed by atoms with Crippen molar-refractivity contribution < 1.29 is 32.7 Å². The minimum absolute atomic E-state index is 0.00809. The first-order valence-corrected chi connectivity index (χ1v) is 15.2. The molecule has 3 heterocycles. The Bertz CT molecular complexity index is 1820. The van der Waals surface area contributed by atoms with E-state index < -0.39 is 63.7 Å². The fourth-order valence-electron chi connectivity index (χ4n) is 5.32. The number of benzene rings is 3. The predicted octanol–water partition coefficient (Wildman–Crippen LogP) is 5.83. The molecule has 0 saturated carbocycles. The number of thiazole rings is 1. The molecule has 220 valence electrons. The van der Waals surface area contributed by atoms with Crippen LogP contribution in [-0.2, 0) is 27.1 Å². The van der Waals surface area contributed by atoms with Crippen molar-refractivity contribution in [2.24, 2.45) is 5.92 Å². The summed E-state index contributed by atoms with van der Waals surface area (Å²) >= 11 is 5.11. The normalized spacial score (nSPS) is 19.7. The van der Waals surface area contributed by atoms with E-state index in [-0.39, 0.29) is 5.75 Å². The molecule has 3 atom stereocenters. The van der Waals surface area contributed by atoms with E-state index in [9.17, 15) is 37.5 Å². The molecule has 43 heavy (non-hydrogen) atoms. The van der Waals surface area contributed by atoms with Crippen molar-refractivity contribution in [2.75, 3.05) is 10.2 Å². The van der Waals surface area contributed by atoms with Gasteiger partial charge in [0.25, 0.3) is 0 Å². The van der Waals surface area contributed by atoms with E-state index >= 15 is 0 Å². The highest BCUT2D eigenvalue weighted by Gasteiger charge is 2.57. The van der Waals surface area contributed by atoms with Crippen LogP contribution in [0.1, 0.15) is 21.9 Å². The molecule has 2 unspecified atom stereocenters. The van der Waals surface area contributed by atoms with E-state index in [4.69, 9.17) is 0 Å². The highest BCUT2D eigenvalue weighted by molar-refractivity contribution is 9.10. The number of carbonyl (C=O) groups excluding carboxylic acids is 3. The first-order valence-electron chi connectivity index (χ1n) is 12.7. The number of carbonyl (C=O) groups is 3. The number of para-hydroxylation sites is 1. The average molecular weight is 691 g/mol. The number of phenols is 1. The van der Waals surface area contributed by atoms with Crippen molar-refractivity contribution in [3.05, 3.63) is 103 Å². The third-order valence-electron chi connectivity index (χ3n) is 7.18. The Morgan fingerprint density at radius 2 is 1.63 bits per heavy atom. The summed E-state index contributed by atoms with van der Waals surface area (Å²) in [7, 11) is 0. The van der Waals surface area contributed by atoms with E-state index in [1.165, 1.54) is 41.0 Å². The monoisotopic (exact) mass is 689 g/mol. The van der Waals surface area contributed by atoms with Gasteiger partial charge in [0.15, 0.2) is 0 Å². The molecule has 2 aliphatic heterocycles. The van der Waals surface area contributed by atoms with Crippen molar-refractivity contribution in [1.29, 1.82) is 0 Å². The van der Waals surface area contributed by atoms with Gasteiger partial charge in [-0.15, -0.1) is 0 Å². The average Bonchev–Trinajstić information content (AvgIpc) is 3.40. The fraction of sp³-hybridized carbons (Fsp3) is 0.172. The standard InChI is InChI=1S/C29H19BrF3N3O5S2/c30-15-7-5-14(6-8-15)21-22-23(26(40)36(25(22)39)19-4-2-1-3-18(19)29(31,32)33)42-27-24(21)43-28(41)35(27)13-20(38)34-16-9-11-17(37)12-10-16/h1-12,21-23,37H,13H2,(H,34,38)/t21-,22?,23?/m1/s1. The summed E-state index contributed by atoms with van der Waals surface area (Å²) in [6.07, 6.45) is -4.81. The van der Waals surface area contributed by atoms with E-state index in [1.54, 1.807) is 24.3 Å². The number of nitrogens with zero attached hydrogens (tertiary/aromatic N) is 2. The maximum atomic E-state index is 13.9. The SMILES string of the molecule is O=C(Cn1c2c(sc1=O)[C@H](c1ccc(Br)cc1)C1C(=O)N(c3ccccc3C(F)(F)F)C(=O)C1S2)Nc1ccc(O)cc1. The lowest BCUT2D eigenvalue weighted by Crippen LogP contribution is -2.33. The number of fused-ring (bicyclic) bond motifs is 2. The molecule has 4 aromatic rings. The number of amides is 3. The zero-order valence-corrected chi connectivity index (χ0v) is 24.9. The number of hydrogen-bond donors (Lipinski definition) is 2. The van der Waals surface area contributed by atoms with E-state index in [1.807, 2.05) is 0 Å². The van der Waals surface area contributed by atoms with E-state index in [0.29, 0.717) is 26.1 Å². The highest BCUT2D eigenvalue weighted by Crippen LogP contribution is 2.54. The molecule has 6 rings (SSSR count). The van der Waals surface area contributed by atoms with Gasteiger partial charge >= 0.3 is 11.0 Å². The van der Waals surface area contributed by atoms with E-state index in [2.05, 4.69) is 21.2 Å². The Balaban J connectivity index is 1.43. The molecule has 2 aliphatic rings. The number of nitrogens with one attached hydrogen (secondary N) is 1. The van der Waals surface area contributed by atoms with Gasteiger partial charge < -0.3 is 10.4 Å². The third-order valence-corrected chi connectivity index (χ3v) is 10.3. The van der Waals surface area contributed by atoms with Gasteiger partial charge in [0.05, 0.1) is 22.2 Å². The van der Waals surface area contributed by atoms with Crippen LogP contribution in [0.4, 0.5) is 24.5 Å². The highest BCUT2D eigenvalue weighted by atomic mass is 79.9. The molecule has 1 saturated heterocycles. The molecule has 8 nitrogen and oxygen atoms in total. The molecular weight excluding hydrogens is 671 g/mol. The summed E-state index contributed by atoms with van der Waals surface area (Å²) < 4.78 is 43.7. The molecule has 1 aromatic heterocycles. The summed E-state index contributed by atoms with van der Waals surface area (Å²) in [6, 6.07) is 17.1. The minimum atomic E-state index is -4.81. The van der Waals surface area contributed by atoms with Crippen LogP contribution < -0.4 is 15.1 Å². The second kappa shape index (κ2) is 11.0. The van der Waals surface area contributed by atoms with Gasteiger partial charge in [-0.25, -0.2) is 4.90 Å². The number of hydrogen-bond acceptors (Lipinski definition) is 7. The quantitative estimate of drug-likeness (QED) is 0.202. The second-order valence-electron chi connectivity index (χ2n) is 9.84. The zero-order valence-electron chi connectivity index (χ0n) is 21.7. The number of aromatic hydroxyl groups is 1. The number of imide groups is 1. The smallest absolute Gasteiger partial charge is 0.418 e. The fourth-order valence-corrected chi connectivity index (χ4v) is 8.36. The number of thioether (sulfide) groups is 1. The van der Waals surface area contributed by atoms with Gasteiger partial charge in [-0.2, -0.15) is 13.2 Å². The molecule has 0 radical (unpaired) electrons. The molecule has 0 aliphatic carbocycles. The van der Waals surface area contributed by atoms with Crippen LogP contribution in [0.3, 0.4) is 0 Å². The molecule has 1 fully saturated rings. The third kappa shape index (κ3) is 5.27. The van der Waals surface area contributed by atoms with Crippen LogP contribution in [0.5, 0.6) is 5.75 Å². The molecule has 3 aromatic carbocycles. The Morgan fingerprint density at radius 1 is 0.953 bits per heavy atom. The van der Waals surface area contributed by atoms with Crippen molar-refractivity contribution in [1.82, 2.24) is 4.57 Å². The van der Waals surface area contributed by atoms with Crippen molar-refractivity contribution in [3.8, 4) is 5.75 Å². The number of anilines is 2. The first-order chi connectivity index (χ1) is 20.4. The number of alkyl halides is 3. The van der Waals surface area contributed by atoms with Gasteiger partial charge in [0.2, 0.25) is 17.7 Å². The summed E-state index contributed by atoms with van der Waals surface area (Å²) in [4.78, 5) is 54.5. The Kier molecular flexibility index (Phi) is 7.47. The van der Waals surface area contributed by atoms with Gasteiger partial charge in [-0.3, -0.25) is 23.7 Å². The Morgan fingerprint density at radius 3 is 2.30 bits per heavy atom. The predicted molar refractivity (Wildman–Crippen MR) is 158 cm³/mol. The molecule has 0 spiro atoms. The van der Waals surface area contributed by atoms with Crippen molar-refractivity contribution in [3.63, 3.8) is 0 Å². The van der Waals surface area contributed by atoms with Gasteiger partial charge in [-0.1, -0.05) is 63.3 Å². The maximum absolute atomic E-state index is 13.9. The number of aromatic nitrogens is 1. The van der Waals surface area contributed by atoms with Crippen LogP contribution in [0.2, 0.25) is 0 Å². The van der Waals surface area contributed by atoms with Gasteiger partial charge in [-0.05, 0) is 54.1 Å². The van der Waals surface area contributed by atoms with Gasteiger partial charge in [0, 0.05) is 21.0 Å². The lowest BCUT2D eigenvalue weighted by Gasteiger charge is -2.30. The summed E-state index contributed by atoms with van der Waals surface area (Å²) in [6.45, 7) is -0.411. The first kappa shape index (κ1) is 29.2. The molecule has 3 amide bonds. The molecule has 2 N–H and O–H groups in total. The Hall–Kier alpha value is -3.88. The van der Waals surface area contributed by atoms with Gasteiger partial charge in [0.1, 0.15) is 17.5 Å². The topological polar surface area (TPSA) is 109 Å². The van der Waals surface area contributed by atoms with Crippen LogP contribution in [0.15, 0.2) is 87.1 Å². The minimum Gasteiger partial charge on any atom is -0.508 e. The molecule has 0 bridgehead atoms. The second-order valence-corrected chi connectivity index (χ2v) is 12.9. The summed E-state index contributed by atoms with van der Waals surface area (Å²) in [5.74, 6) is -4.09. The van der Waals surface area contributed by atoms with Crippen LogP contribution >= 0.6 is 39.0 Å². The molecule has 14 heteroatoms. The largest absolute Gasteiger partial charge is 0.508 e. The summed E-state index contributed by atoms with van der Waals surface area (Å²) in [5.41, 5.74) is -0.688.